The van der Waals surface area contributed by atoms with Crippen molar-refractivity contribution < 1.29 is 80.8 Å². The molecule has 26 heteroatoms. The molecule has 0 unspecified atom stereocenters. The lowest BCUT2D eigenvalue weighted by atomic mass is 9.71. The lowest BCUT2D eigenvalue weighted by molar-refractivity contribution is -0.385. The Labute approximate surface area is 311 Å². The average molecular weight is 845 g/mol. The van der Waals surface area contributed by atoms with Crippen molar-refractivity contribution in [1.82, 2.24) is 10.1 Å². The van der Waals surface area contributed by atoms with Crippen molar-refractivity contribution in [3.05, 3.63) is 139 Å². The molecule has 0 aromatic heterocycles. The molecule has 0 fully saturated rings. The number of amides is 4. The van der Waals surface area contributed by atoms with Crippen molar-refractivity contribution in [3.63, 3.8) is 0 Å². The van der Waals surface area contributed by atoms with Crippen molar-refractivity contribution in [2.75, 3.05) is 0 Å². The molecular formula is C31H14F6N4O14S2. The Hall–Kier alpha value is -6.64. The van der Waals surface area contributed by atoms with Gasteiger partial charge in [0.15, 0.2) is 0 Å². The van der Waals surface area contributed by atoms with E-state index in [9.17, 15) is 56.2 Å². The predicted octanol–water partition coefficient (Wildman–Crippen LogP) is 4.75. The number of carbonyl (C=O) groups is 4. The molecule has 57 heavy (non-hydrogen) atoms. The first-order valence-corrected chi connectivity index (χ1v) is 17.7. The maximum Gasteiger partial charge on any atom is 0.411 e. The van der Waals surface area contributed by atoms with E-state index in [0.717, 1.165) is 0 Å². The maximum atomic E-state index is 15.1. The first kappa shape index (κ1) is 40.0. The van der Waals surface area contributed by atoms with E-state index in [1.165, 1.54) is 0 Å². The smallest absolute Gasteiger partial charge is 0.266 e. The number of nitro groups is 2. The van der Waals surface area contributed by atoms with Crippen LogP contribution >= 0.6 is 0 Å². The van der Waals surface area contributed by atoms with E-state index in [0.29, 0.717) is 60.7 Å². The quantitative estimate of drug-likeness (QED) is 0.0905. The summed E-state index contributed by atoms with van der Waals surface area (Å²) in [6, 6.07) is 6.26. The molecule has 0 bridgehead atoms. The van der Waals surface area contributed by atoms with Crippen molar-refractivity contribution in [2.24, 2.45) is 0 Å². The molecule has 4 aromatic carbocycles. The normalized spacial score (nSPS) is 14.9. The Balaban J connectivity index is 1.38. The summed E-state index contributed by atoms with van der Waals surface area (Å²) in [5, 5.41) is 20.8. The van der Waals surface area contributed by atoms with Gasteiger partial charge in [-0.15, -0.1) is 18.7 Å². The van der Waals surface area contributed by atoms with Crippen LogP contribution in [0.25, 0.3) is 0 Å². The highest BCUT2D eigenvalue weighted by Crippen LogP contribution is 2.57. The van der Waals surface area contributed by atoms with Crippen LogP contribution in [0, 0.1) is 20.2 Å². The maximum absolute atomic E-state index is 15.1. The molecule has 18 nitrogen and oxygen atoms in total. The lowest BCUT2D eigenvalue weighted by Gasteiger charge is -2.38. The molecule has 0 N–H and O–H groups in total. The molecule has 0 saturated carbocycles. The molecule has 296 valence electrons. The van der Waals surface area contributed by atoms with Gasteiger partial charge in [-0.1, -0.05) is 12.1 Å². The molecule has 0 aliphatic carbocycles. The van der Waals surface area contributed by atoms with Gasteiger partial charge in [0, 0.05) is 24.3 Å². The van der Waals surface area contributed by atoms with E-state index in [4.69, 9.17) is 0 Å². The molecule has 0 saturated heterocycles. The Morgan fingerprint density at radius 2 is 0.789 bits per heavy atom. The topological polar surface area (TPSA) is 248 Å². The lowest BCUT2D eigenvalue weighted by Crippen LogP contribution is -2.55. The summed E-state index contributed by atoms with van der Waals surface area (Å²) in [7, 11) is -10.4. The number of benzene rings is 4. The van der Waals surface area contributed by atoms with Crippen molar-refractivity contribution in [3.8, 4) is 0 Å². The molecule has 4 amide bonds. The van der Waals surface area contributed by atoms with Gasteiger partial charge in [0.1, 0.15) is 0 Å². The first-order valence-electron chi connectivity index (χ1n) is 14.9. The van der Waals surface area contributed by atoms with E-state index in [1.54, 1.807) is 0 Å². The number of nitrogens with zero attached hydrogens (tertiary/aromatic N) is 4. The first-order chi connectivity index (χ1) is 26.3. The molecule has 2 aliphatic heterocycles. The van der Waals surface area contributed by atoms with Gasteiger partial charge in [0.2, 0.25) is 5.41 Å². The second-order valence-electron chi connectivity index (χ2n) is 11.6. The number of hydrogen-bond acceptors (Lipinski definition) is 14. The largest absolute Gasteiger partial charge is 0.411 e. The number of carbonyl (C=O) groups excluding carboxylic acids is 4. The fourth-order valence-corrected chi connectivity index (χ4v) is 7.55. The number of non-ortho nitro benzene ring substituents is 2. The number of nitro benzene ring substituents is 2. The van der Waals surface area contributed by atoms with Gasteiger partial charge in [-0.05, 0) is 59.7 Å². The average Bonchev–Trinajstić information content (AvgIpc) is 3.49. The fraction of sp³-hybridized carbons (Fsp3) is 0.0968. The number of hydrogen-bond donors (Lipinski definition) is 0. The minimum Gasteiger partial charge on any atom is -0.266 e. The fourth-order valence-electron chi connectivity index (χ4n) is 5.77. The SMILES string of the molecule is O=C1c2ccc(C(c3ccc4c(c3)C(=O)N(OS(=O)(=O)c3ccc([N+](=O)[O-])cc3)C4=O)(C(F)(F)F)C(F)(F)F)cc2C(=O)N1OS(=O)(=O)c1ccc([N+](=O)[O-])cc1. The van der Waals surface area contributed by atoms with Gasteiger partial charge in [-0.25, -0.2) is 0 Å². The Morgan fingerprint density at radius 1 is 0.491 bits per heavy atom. The van der Waals surface area contributed by atoms with Gasteiger partial charge in [0.25, 0.3) is 35.0 Å². The number of halogens is 6. The molecule has 6 rings (SSSR count). The number of imide groups is 2. The number of alkyl halides is 6. The zero-order chi connectivity index (χ0) is 42.2. The van der Waals surface area contributed by atoms with Crippen LogP contribution < -0.4 is 0 Å². The zero-order valence-corrected chi connectivity index (χ0v) is 28.8. The molecule has 2 aliphatic rings. The van der Waals surface area contributed by atoms with Crippen LogP contribution in [0.1, 0.15) is 52.6 Å². The number of rotatable bonds is 10. The summed E-state index contributed by atoms with van der Waals surface area (Å²) in [6.45, 7) is 0. The van der Waals surface area contributed by atoms with Crippen LogP contribution in [0.2, 0.25) is 0 Å². The Kier molecular flexibility index (Phi) is 9.30. The summed E-state index contributed by atoms with van der Waals surface area (Å²) < 4.78 is 151. The molecule has 0 radical (unpaired) electrons. The molecule has 2 heterocycles. The van der Waals surface area contributed by atoms with Gasteiger partial charge < -0.3 is 0 Å². The minimum atomic E-state index is -6.42. The summed E-state index contributed by atoms with van der Waals surface area (Å²) in [4.78, 5) is 70.6. The van der Waals surface area contributed by atoms with Crippen LogP contribution in [-0.2, 0) is 34.2 Å². The highest BCUT2D eigenvalue weighted by atomic mass is 32.2. The second kappa shape index (κ2) is 13.2. The minimum absolute atomic E-state index is 0.0230. The third kappa shape index (κ3) is 6.42. The predicted molar refractivity (Wildman–Crippen MR) is 170 cm³/mol. The number of hydroxylamine groups is 4. The summed E-state index contributed by atoms with van der Waals surface area (Å²) >= 11 is 0. The highest BCUT2D eigenvalue weighted by Gasteiger charge is 2.73. The van der Waals surface area contributed by atoms with Crippen molar-refractivity contribution >= 4 is 55.2 Å². The summed E-state index contributed by atoms with van der Waals surface area (Å²) in [5.74, 6) is -7.00. The van der Waals surface area contributed by atoms with E-state index < -0.39 is 136 Å². The zero-order valence-electron chi connectivity index (χ0n) is 27.2. The van der Waals surface area contributed by atoms with Gasteiger partial charge in [0.05, 0.1) is 41.9 Å². The molecular weight excluding hydrogens is 830 g/mol. The standard InChI is InChI=1S/C31H14F6N4O14S2/c32-30(33,34)29(31(35,36)37,15-1-11-21-23(13-15)27(44)38(25(21)42)54-56(50,51)19-7-3-17(4-8-19)40(46)47)16-2-12-22-24(14-16)28(45)39(26(22)43)55-57(52,53)20-9-5-18(6-10-20)41(48)49/h1-14H. The van der Waals surface area contributed by atoms with Crippen molar-refractivity contribution in [1.29, 1.82) is 0 Å². The van der Waals surface area contributed by atoms with E-state index in [1.807, 2.05) is 0 Å². The monoisotopic (exact) mass is 844 g/mol. The molecule has 4 aromatic rings. The van der Waals surface area contributed by atoms with Gasteiger partial charge >= 0.3 is 32.6 Å². The Bertz CT molecular complexity index is 2500. The molecule has 0 atom stereocenters. The van der Waals surface area contributed by atoms with Crippen molar-refractivity contribution in [2.45, 2.75) is 27.6 Å². The van der Waals surface area contributed by atoms with Crippen LogP contribution in [0.15, 0.2) is 94.7 Å². The molecule has 0 spiro atoms. The number of fused-ring (bicyclic) bond motifs is 2. The van der Waals surface area contributed by atoms with E-state index in [-0.39, 0.29) is 24.3 Å². The third-order valence-electron chi connectivity index (χ3n) is 8.43. The second-order valence-corrected chi connectivity index (χ2v) is 14.7. The van der Waals surface area contributed by atoms with Crippen LogP contribution in [0.4, 0.5) is 37.7 Å². The van der Waals surface area contributed by atoms with Gasteiger partial charge in [-0.3, -0.25) is 39.4 Å². The van der Waals surface area contributed by atoms with Crippen LogP contribution in [-0.4, -0.2) is 72.8 Å². The van der Waals surface area contributed by atoms with E-state index in [2.05, 4.69) is 8.57 Å². The summed E-state index contributed by atoms with van der Waals surface area (Å²) in [5.41, 5.74) is -14.2. The van der Waals surface area contributed by atoms with Crippen LogP contribution in [0.3, 0.4) is 0 Å². The third-order valence-corrected chi connectivity index (χ3v) is 10.8. The van der Waals surface area contributed by atoms with Gasteiger partial charge in [-0.2, -0.15) is 43.2 Å². The Morgan fingerprint density at radius 3 is 1.07 bits per heavy atom. The summed E-state index contributed by atoms with van der Waals surface area (Å²) in [6.07, 6.45) is -12.8. The van der Waals surface area contributed by atoms with Crippen LogP contribution in [0.5, 0.6) is 0 Å². The van der Waals surface area contributed by atoms with E-state index >= 15 is 26.3 Å². The highest BCUT2D eigenvalue weighted by molar-refractivity contribution is 7.87.